The number of carbonyl (C=O) groups excluding carboxylic acids is 2. The van der Waals surface area contributed by atoms with Crippen LogP contribution < -0.4 is 15.4 Å². The molecule has 2 heterocycles. The molecule has 29 heavy (non-hydrogen) atoms. The maximum absolute atomic E-state index is 12.0. The van der Waals surface area contributed by atoms with Crippen LogP contribution in [0.3, 0.4) is 0 Å². The number of ether oxygens (including phenoxy) is 1. The van der Waals surface area contributed by atoms with Gasteiger partial charge in [-0.2, -0.15) is 10.1 Å². The molecule has 0 bridgehead atoms. The summed E-state index contributed by atoms with van der Waals surface area (Å²) < 4.78 is 12.7. The Bertz CT molecular complexity index is 992. The highest BCUT2D eigenvalue weighted by Gasteiger charge is 2.15. The van der Waals surface area contributed by atoms with Gasteiger partial charge in [-0.15, -0.1) is 0 Å². The van der Waals surface area contributed by atoms with Crippen molar-refractivity contribution in [2.24, 2.45) is 0 Å². The topological polar surface area (TPSA) is 124 Å². The molecule has 0 atom stereocenters. The number of nitrogens with one attached hydrogen (secondary N) is 2. The maximum atomic E-state index is 12.0. The Morgan fingerprint density at radius 1 is 1.24 bits per heavy atom. The molecule has 0 saturated heterocycles. The Morgan fingerprint density at radius 3 is 2.79 bits per heavy atom. The van der Waals surface area contributed by atoms with Gasteiger partial charge < -0.3 is 19.9 Å². The quantitative estimate of drug-likeness (QED) is 0.444. The van der Waals surface area contributed by atoms with Crippen LogP contribution in [0.25, 0.3) is 0 Å². The van der Waals surface area contributed by atoms with Gasteiger partial charge in [0.05, 0.1) is 15.7 Å². The third-order valence-corrected chi connectivity index (χ3v) is 4.22. The predicted octanol–water partition coefficient (Wildman–Crippen LogP) is 1.66. The highest BCUT2D eigenvalue weighted by Crippen LogP contribution is 2.22. The number of hydrogen-bond acceptors (Lipinski definition) is 7. The van der Waals surface area contributed by atoms with Crippen LogP contribution in [0.15, 0.2) is 45.7 Å². The number of aromatic nitrogens is 4. The molecule has 0 spiro atoms. The fourth-order valence-corrected chi connectivity index (χ4v) is 2.71. The van der Waals surface area contributed by atoms with Crippen molar-refractivity contribution in [3.8, 4) is 5.75 Å². The molecule has 12 heteroatoms. The molecular weight excluding hydrogens is 468 g/mol. The van der Waals surface area contributed by atoms with Gasteiger partial charge in [0.15, 0.2) is 12.4 Å². The Hall–Kier alpha value is -2.92. The fraction of sp³-hybridized carbons (Fsp3) is 0.235. The summed E-state index contributed by atoms with van der Waals surface area (Å²) in [5.74, 6) is -0.306. The van der Waals surface area contributed by atoms with Crippen molar-refractivity contribution in [2.45, 2.75) is 6.54 Å². The molecule has 3 rings (SSSR count). The molecule has 0 unspecified atom stereocenters. The second-order valence-corrected chi connectivity index (χ2v) is 7.02. The smallest absolute Gasteiger partial charge is 0.316 e. The van der Waals surface area contributed by atoms with Crippen LogP contribution in [0.2, 0.25) is 5.02 Å². The van der Waals surface area contributed by atoms with E-state index in [1.54, 1.807) is 41.3 Å². The molecular formula is C17H16BrClN6O4. The highest BCUT2D eigenvalue weighted by molar-refractivity contribution is 9.10. The maximum Gasteiger partial charge on any atom is 0.316 e. The second-order valence-electron chi connectivity index (χ2n) is 5.70. The first-order chi connectivity index (χ1) is 14.0. The molecule has 0 fully saturated rings. The van der Waals surface area contributed by atoms with E-state index >= 15 is 0 Å². The lowest BCUT2D eigenvalue weighted by Crippen LogP contribution is -2.36. The molecule has 2 aromatic heterocycles. The molecule has 152 valence electrons. The van der Waals surface area contributed by atoms with Crippen molar-refractivity contribution in [3.63, 3.8) is 0 Å². The van der Waals surface area contributed by atoms with E-state index in [1.807, 2.05) is 0 Å². The average Bonchev–Trinajstić information content (AvgIpc) is 3.33. The van der Waals surface area contributed by atoms with Crippen LogP contribution in [0.5, 0.6) is 5.75 Å². The normalized spacial score (nSPS) is 10.6. The fourth-order valence-electron chi connectivity index (χ4n) is 2.19. The van der Waals surface area contributed by atoms with E-state index in [0.29, 0.717) is 16.6 Å². The molecule has 2 N–H and O–H groups in total. The zero-order valence-corrected chi connectivity index (χ0v) is 17.3. The molecule has 10 nitrogen and oxygen atoms in total. The van der Waals surface area contributed by atoms with Gasteiger partial charge in [-0.1, -0.05) is 28.9 Å². The monoisotopic (exact) mass is 482 g/mol. The minimum absolute atomic E-state index is 0.167. The Balaban J connectivity index is 1.35. The first kappa shape index (κ1) is 20.8. The average molecular weight is 484 g/mol. The SMILES string of the molecule is O=C(COc1ccccc1Cl)NCCNC(=O)c1nc(Cn2cc(Br)cn2)no1. The van der Waals surface area contributed by atoms with Gasteiger partial charge >= 0.3 is 11.8 Å². The minimum atomic E-state index is -0.535. The van der Waals surface area contributed by atoms with E-state index in [2.05, 4.69) is 41.8 Å². The number of carbonyl (C=O) groups is 2. The van der Waals surface area contributed by atoms with Gasteiger partial charge in [0.2, 0.25) is 0 Å². The third-order valence-electron chi connectivity index (χ3n) is 3.50. The highest BCUT2D eigenvalue weighted by atomic mass is 79.9. The Morgan fingerprint density at radius 2 is 2.03 bits per heavy atom. The van der Waals surface area contributed by atoms with Crippen molar-refractivity contribution in [2.75, 3.05) is 19.7 Å². The number of halogens is 2. The standard InChI is InChI=1S/C17H16BrClN6O4/c18-11-7-22-25(8-11)9-14-23-17(29-24-14)16(27)21-6-5-20-15(26)10-28-13-4-2-1-3-12(13)19/h1-4,7-8H,5-6,9-10H2,(H,20,26)(H,21,27). The van der Waals surface area contributed by atoms with Gasteiger partial charge in [0.25, 0.3) is 5.91 Å². The number of rotatable bonds is 9. The lowest BCUT2D eigenvalue weighted by atomic mass is 10.3. The lowest BCUT2D eigenvalue weighted by Gasteiger charge is -2.08. The van der Waals surface area contributed by atoms with E-state index in [4.69, 9.17) is 20.9 Å². The summed E-state index contributed by atoms with van der Waals surface area (Å²) in [5.41, 5.74) is 0. The summed E-state index contributed by atoms with van der Waals surface area (Å²) in [4.78, 5) is 27.8. The molecule has 0 radical (unpaired) electrons. The predicted molar refractivity (Wildman–Crippen MR) is 106 cm³/mol. The molecule has 1 aromatic carbocycles. The third kappa shape index (κ3) is 6.29. The van der Waals surface area contributed by atoms with E-state index in [0.717, 1.165) is 4.47 Å². The zero-order chi connectivity index (χ0) is 20.6. The molecule has 0 aliphatic rings. The summed E-state index contributed by atoms with van der Waals surface area (Å²) in [6, 6.07) is 6.85. The Labute approximate surface area is 178 Å². The van der Waals surface area contributed by atoms with E-state index in [1.165, 1.54) is 0 Å². The molecule has 2 amide bonds. The van der Waals surface area contributed by atoms with Gasteiger partial charge in [-0.3, -0.25) is 14.3 Å². The molecule has 0 saturated carbocycles. The molecule has 0 aliphatic heterocycles. The molecule has 0 aliphatic carbocycles. The number of nitrogens with zero attached hydrogens (tertiary/aromatic N) is 4. The second kappa shape index (κ2) is 10.0. The summed E-state index contributed by atoms with van der Waals surface area (Å²) in [7, 11) is 0. The Kier molecular flexibility index (Phi) is 7.19. The van der Waals surface area contributed by atoms with E-state index < -0.39 is 5.91 Å². The number of benzene rings is 1. The van der Waals surface area contributed by atoms with Crippen LogP contribution in [0.1, 0.15) is 16.5 Å². The van der Waals surface area contributed by atoms with Crippen molar-refractivity contribution in [3.05, 3.63) is 57.9 Å². The van der Waals surface area contributed by atoms with Crippen molar-refractivity contribution in [1.82, 2.24) is 30.6 Å². The van der Waals surface area contributed by atoms with Crippen LogP contribution in [0.4, 0.5) is 0 Å². The van der Waals surface area contributed by atoms with Crippen LogP contribution in [-0.2, 0) is 11.3 Å². The van der Waals surface area contributed by atoms with Gasteiger partial charge in [-0.25, -0.2) is 0 Å². The van der Waals surface area contributed by atoms with Crippen molar-refractivity contribution in [1.29, 1.82) is 0 Å². The van der Waals surface area contributed by atoms with E-state index in [-0.39, 0.29) is 38.0 Å². The van der Waals surface area contributed by atoms with Crippen LogP contribution >= 0.6 is 27.5 Å². The number of amides is 2. The van der Waals surface area contributed by atoms with E-state index in [9.17, 15) is 9.59 Å². The largest absolute Gasteiger partial charge is 0.482 e. The first-order valence-electron chi connectivity index (χ1n) is 8.44. The van der Waals surface area contributed by atoms with Gasteiger partial charge in [0, 0.05) is 19.3 Å². The molecule has 3 aromatic rings. The summed E-state index contributed by atoms with van der Waals surface area (Å²) in [6.07, 6.45) is 3.37. The van der Waals surface area contributed by atoms with Gasteiger partial charge in [0.1, 0.15) is 12.3 Å². The van der Waals surface area contributed by atoms with Crippen molar-refractivity contribution >= 4 is 39.3 Å². The first-order valence-corrected chi connectivity index (χ1v) is 9.61. The lowest BCUT2D eigenvalue weighted by molar-refractivity contribution is -0.123. The van der Waals surface area contributed by atoms with Gasteiger partial charge in [-0.05, 0) is 28.1 Å². The number of hydrogen-bond donors (Lipinski definition) is 2. The van der Waals surface area contributed by atoms with Crippen molar-refractivity contribution < 1.29 is 18.8 Å². The summed E-state index contributed by atoms with van der Waals surface area (Å²) in [5, 5.41) is 13.4. The number of para-hydroxylation sites is 1. The summed E-state index contributed by atoms with van der Waals surface area (Å²) in [6.45, 7) is 0.470. The van der Waals surface area contributed by atoms with Crippen LogP contribution in [-0.4, -0.2) is 51.4 Å². The zero-order valence-electron chi connectivity index (χ0n) is 15.0. The summed E-state index contributed by atoms with van der Waals surface area (Å²) >= 11 is 9.23. The van der Waals surface area contributed by atoms with Crippen LogP contribution in [0, 0.1) is 0 Å². The minimum Gasteiger partial charge on any atom is -0.482 e.